The van der Waals surface area contributed by atoms with Crippen LogP contribution in [0, 0.1) is 0 Å². The SMILES string of the molecule is CCc1cc(-c2csc(C(C)=O)n2)ccc1OC. The van der Waals surface area contributed by atoms with E-state index < -0.39 is 0 Å². The number of hydrogen-bond acceptors (Lipinski definition) is 4. The lowest BCUT2D eigenvalue weighted by molar-refractivity contribution is 0.101. The van der Waals surface area contributed by atoms with Crippen LogP contribution in [0.25, 0.3) is 11.3 Å². The van der Waals surface area contributed by atoms with E-state index in [1.54, 1.807) is 7.11 Å². The second-order valence-corrected chi connectivity index (χ2v) is 4.83. The maximum absolute atomic E-state index is 11.2. The quantitative estimate of drug-likeness (QED) is 0.790. The summed E-state index contributed by atoms with van der Waals surface area (Å²) in [5, 5.41) is 2.47. The van der Waals surface area contributed by atoms with Crippen LogP contribution in [0.2, 0.25) is 0 Å². The highest BCUT2D eigenvalue weighted by Gasteiger charge is 2.10. The standard InChI is InChI=1S/C14H15NO2S/c1-4-10-7-11(5-6-13(10)17-3)12-8-18-14(15-12)9(2)16/h5-8H,4H2,1-3H3. The van der Waals surface area contributed by atoms with Crippen molar-refractivity contribution in [2.45, 2.75) is 20.3 Å². The fourth-order valence-electron chi connectivity index (χ4n) is 1.78. The molecule has 0 saturated heterocycles. The van der Waals surface area contributed by atoms with E-state index in [1.165, 1.54) is 18.3 Å². The first-order chi connectivity index (χ1) is 8.65. The van der Waals surface area contributed by atoms with E-state index in [2.05, 4.69) is 18.0 Å². The molecule has 94 valence electrons. The lowest BCUT2D eigenvalue weighted by Gasteiger charge is -2.07. The number of nitrogens with zero attached hydrogens (tertiary/aromatic N) is 1. The number of hydrogen-bond donors (Lipinski definition) is 0. The summed E-state index contributed by atoms with van der Waals surface area (Å²) in [4.78, 5) is 15.6. The third-order valence-electron chi connectivity index (χ3n) is 2.76. The molecule has 0 atom stereocenters. The van der Waals surface area contributed by atoms with Gasteiger partial charge in [-0.05, 0) is 30.2 Å². The molecule has 0 amide bonds. The molecule has 0 aliphatic carbocycles. The van der Waals surface area contributed by atoms with Gasteiger partial charge in [-0.2, -0.15) is 0 Å². The number of ketones is 1. The molecule has 0 bridgehead atoms. The average molecular weight is 261 g/mol. The van der Waals surface area contributed by atoms with Crippen molar-refractivity contribution in [3.63, 3.8) is 0 Å². The van der Waals surface area contributed by atoms with Gasteiger partial charge in [0.25, 0.3) is 0 Å². The van der Waals surface area contributed by atoms with Crippen molar-refractivity contribution >= 4 is 17.1 Å². The number of ether oxygens (including phenoxy) is 1. The molecule has 1 aromatic heterocycles. The molecule has 3 nitrogen and oxygen atoms in total. The molecule has 4 heteroatoms. The highest BCUT2D eigenvalue weighted by atomic mass is 32.1. The van der Waals surface area contributed by atoms with Crippen molar-refractivity contribution in [1.82, 2.24) is 4.98 Å². The number of aromatic nitrogens is 1. The number of Topliss-reactive ketones (excluding diaryl/α,β-unsaturated/α-hetero) is 1. The molecule has 0 N–H and O–H groups in total. The Morgan fingerprint density at radius 2 is 2.22 bits per heavy atom. The van der Waals surface area contributed by atoms with Crippen molar-refractivity contribution in [2.24, 2.45) is 0 Å². The molecule has 18 heavy (non-hydrogen) atoms. The van der Waals surface area contributed by atoms with Gasteiger partial charge in [0.2, 0.25) is 0 Å². The van der Waals surface area contributed by atoms with Crippen molar-refractivity contribution in [1.29, 1.82) is 0 Å². The average Bonchev–Trinajstić information content (AvgIpc) is 2.87. The third-order valence-corrected chi connectivity index (χ3v) is 3.71. The molecular formula is C14H15NO2S. The van der Waals surface area contributed by atoms with E-state index in [4.69, 9.17) is 4.74 Å². The van der Waals surface area contributed by atoms with Crippen molar-refractivity contribution < 1.29 is 9.53 Å². The van der Waals surface area contributed by atoms with E-state index in [9.17, 15) is 4.79 Å². The molecule has 1 heterocycles. The number of aryl methyl sites for hydroxylation is 1. The fourth-order valence-corrected chi connectivity index (χ4v) is 2.51. The molecule has 0 aliphatic heterocycles. The van der Waals surface area contributed by atoms with Crippen LogP contribution in [0.15, 0.2) is 23.6 Å². The number of benzene rings is 1. The third kappa shape index (κ3) is 2.43. The maximum atomic E-state index is 11.2. The molecule has 0 aliphatic rings. The number of carbonyl (C=O) groups is 1. The van der Waals surface area contributed by atoms with Gasteiger partial charge < -0.3 is 4.74 Å². The van der Waals surface area contributed by atoms with E-state index in [-0.39, 0.29) is 5.78 Å². The van der Waals surface area contributed by atoms with Gasteiger partial charge in [-0.25, -0.2) is 4.98 Å². The summed E-state index contributed by atoms with van der Waals surface area (Å²) in [6, 6.07) is 5.98. The number of methoxy groups -OCH3 is 1. The van der Waals surface area contributed by atoms with Crippen LogP contribution in [-0.4, -0.2) is 17.9 Å². The Balaban J connectivity index is 2.41. The lowest BCUT2D eigenvalue weighted by atomic mass is 10.1. The van der Waals surface area contributed by atoms with E-state index in [0.29, 0.717) is 5.01 Å². The lowest BCUT2D eigenvalue weighted by Crippen LogP contribution is -1.92. The highest BCUT2D eigenvalue weighted by Crippen LogP contribution is 2.28. The maximum Gasteiger partial charge on any atom is 0.188 e. The number of rotatable bonds is 4. The first kappa shape index (κ1) is 12.8. The van der Waals surface area contributed by atoms with Gasteiger partial charge in [0.05, 0.1) is 12.8 Å². The molecule has 2 rings (SSSR count). The summed E-state index contributed by atoms with van der Waals surface area (Å²) < 4.78 is 5.30. The number of thiazole rings is 1. The topological polar surface area (TPSA) is 39.2 Å². The second-order valence-electron chi connectivity index (χ2n) is 3.97. The van der Waals surface area contributed by atoms with E-state index in [1.807, 2.05) is 17.5 Å². The van der Waals surface area contributed by atoms with Crippen LogP contribution in [0.5, 0.6) is 5.75 Å². The van der Waals surface area contributed by atoms with Crippen LogP contribution < -0.4 is 4.74 Å². The van der Waals surface area contributed by atoms with Gasteiger partial charge in [0.15, 0.2) is 10.8 Å². The molecule has 0 saturated carbocycles. The fraction of sp³-hybridized carbons (Fsp3) is 0.286. The Kier molecular flexibility index (Phi) is 3.77. The summed E-state index contributed by atoms with van der Waals surface area (Å²) in [5.41, 5.74) is 3.02. The Hall–Kier alpha value is -1.68. The minimum atomic E-state index is 0.00970. The second kappa shape index (κ2) is 5.31. The van der Waals surface area contributed by atoms with Crippen LogP contribution >= 0.6 is 11.3 Å². The monoisotopic (exact) mass is 261 g/mol. The van der Waals surface area contributed by atoms with Gasteiger partial charge in [0.1, 0.15) is 5.75 Å². The molecule has 0 unspecified atom stereocenters. The normalized spacial score (nSPS) is 10.4. The van der Waals surface area contributed by atoms with Crippen molar-refractivity contribution in [3.8, 4) is 17.0 Å². The first-order valence-corrected chi connectivity index (χ1v) is 6.67. The van der Waals surface area contributed by atoms with Gasteiger partial charge in [-0.1, -0.05) is 6.92 Å². The van der Waals surface area contributed by atoms with E-state index in [0.717, 1.165) is 29.0 Å². The Morgan fingerprint density at radius 1 is 1.44 bits per heavy atom. The largest absolute Gasteiger partial charge is 0.496 e. The zero-order chi connectivity index (χ0) is 13.1. The minimum Gasteiger partial charge on any atom is -0.496 e. The number of carbonyl (C=O) groups excluding carboxylic acids is 1. The summed E-state index contributed by atoms with van der Waals surface area (Å²) in [5.74, 6) is 0.902. The molecule has 0 radical (unpaired) electrons. The Morgan fingerprint density at radius 3 is 2.78 bits per heavy atom. The predicted octanol–water partition coefficient (Wildman–Crippen LogP) is 3.58. The minimum absolute atomic E-state index is 0.00970. The summed E-state index contributed by atoms with van der Waals surface area (Å²) in [6.45, 7) is 3.62. The van der Waals surface area contributed by atoms with Crippen molar-refractivity contribution in [2.75, 3.05) is 7.11 Å². The van der Waals surface area contributed by atoms with Crippen LogP contribution in [0.3, 0.4) is 0 Å². The molecule has 0 spiro atoms. The van der Waals surface area contributed by atoms with Gasteiger partial charge in [-0.15, -0.1) is 11.3 Å². The van der Waals surface area contributed by atoms with Gasteiger partial charge >= 0.3 is 0 Å². The van der Waals surface area contributed by atoms with Crippen LogP contribution in [0.1, 0.15) is 29.2 Å². The molecular weight excluding hydrogens is 246 g/mol. The Labute approximate surface area is 110 Å². The molecule has 1 aromatic carbocycles. The zero-order valence-electron chi connectivity index (χ0n) is 10.7. The highest BCUT2D eigenvalue weighted by molar-refractivity contribution is 7.12. The van der Waals surface area contributed by atoms with Gasteiger partial charge in [0, 0.05) is 17.9 Å². The molecule has 0 fully saturated rings. The predicted molar refractivity (Wildman–Crippen MR) is 73.5 cm³/mol. The smallest absolute Gasteiger partial charge is 0.188 e. The Bertz CT molecular complexity index is 575. The summed E-state index contributed by atoms with van der Waals surface area (Å²) >= 11 is 1.38. The molecule has 2 aromatic rings. The summed E-state index contributed by atoms with van der Waals surface area (Å²) in [7, 11) is 1.67. The summed E-state index contributed by atoms with van der Waals surface area (Å²) in [6.07, 6.45) is 0.903. The van der Waals surface area contributed by atoms with Crippen LogP contribution in [-0.2, 0) is 6.42 Å². The van der Waals surface area contributed by atoms with E-state index >= 15 is 0 Å². The first-order valence-electron chi connectivity index (χ1n) is 5.79. The zero-order valence-corrected chi connectivity index (χ0v) is 11.5. The van der Waals surface area contributed by atoms with Crippen LogP contribution in [0.4, 0.5) is 0 Å². The van der Waals surface area contributed by atoms with Gasteiger partial charge in [-0.3, -0.25) is 4.79 Å². The van der Waals surface area contributed by atoms with Crippen molar-refractivity contribution in [3.05, 3.63) is 34.2 Å².